The fourth-order valence-corrected chi connectivity index (χ4v) is 4.78. The number of ether oxygens (including phenoxy) is 1. The maximum atomic E-state index is 13.5. The summed E-state index contributed by atoms with van der Waals surface area (Å²) in [5.74, 6) is 1.56. The molecule has 0 bridgehead atoms. The summed E-state index contributed by atoms with van der Waals surface area (Å²) >= 11 is 0. The van der Waals surface area contributed by atoms with Crippen molar-refractivity contribution < 1.29 is 14.3 Å². The molecule has 1 aromatic carbocycles. The molecule has 2 aromatic rings. The van der Waals surface area contributed by atoms with Crippen LogP contribution in [0.5, 0.6) is 5.75 Å². The lowest BCUT2D eigenvalue weighted by atomic mass is 9.78. The molecule has 30 heavy (non-hydrogen) atoms. The standard InChI is InChI=1S/C24H31N3O3/c1-4-30-19-12-10-18(11-13-19)27-22(28)15-26-14-6-9-21(26)23(27)24(29)25-20-8-5-7-16(2)17(20)3/h6,9-14,16-17,20,23H,4-5,7-8,15H2,1-3H3,(H,25,29). The number of fused-ring (bicyclic) bond motifs is 1. The summed E-state index contributed by atoms with van der Waals surface area (Å²) in [6.07, 6.45) is 5.19. The summed E-state index contributed by atoms with van der Waals surface area (Å²) in [4.78, 5) is 28.3. The van der Waals surface area contributed by atoms with Crippen LogP contribution in [0.4, 0.5) is 5.69 Å². The predicted octanol–water partition coefficient (Wildman–Crippen LogP) is 3.92. The average Bonchev–Trinajstić information content (AvgIpc) is 3.19. The largest absolute Gasteiger partial charge is 0.494 e. The van der Waals surface area contributed by atoms with Gasteiger partial charge in [0, 0.05) is 17.9 Å². The van der Waals surface area contributed by atoms with Crippen LogP contribution < -0.4 is 15.0 Å². The van der Waals surface area contributed by atoms with Gasteiger partial charge in [0.1, 0.15) is 12.3 Å². The van der Waals surface area contributed by atoms with E-state index in [4.69, 9.17) is 4.74 Å². The van der Waals surface area contributed by atoms with Gasteiger partial charge in [-0.25, -0.2) is 0 Å². The Morgan fingerprint density at radius 3 is 2.67 bits per heavy atom. The molecule has 4 atom stereocenters. The van der Waals surface area contributed by atoms with Crippen molar-refractivity contribution in [3.63, 3.8) is 0 Å². The number of hydrogen-bond acceptors (Lipinski definition) is 3. The van der Waals surface area contributed by atoms with E-state index >= 15 is 0 Å². The van der Waals surface area contributed by atoms with E-state index in [9.17, 15) is 9.59 Å². The van der Waals surface area contributed by atoms with Gasteiger partial charge in [-0.3, -0.25) is 14.5 Å². The topological polar surface area (TPSA) is 63.6 Å². The van der Waals surface area contributed by atoms with E-state index in [-0.39, 0.29) is 24.4 Å². The fraction of sp³-hybridized carbons (Fsp3) is 0.500. The molecule has 0 spiro atoms. The van der Waals surface area contributed by atoms with Gasteiger partial charge in [0.25, 0.3) is 0 Å². The van der Waals surface area contributed by atoms with Gasteiger partial charge < -0.3 is 14.6 Å². The van der Waals surface area contributed by atoms with Crippen LogP contribution in [-0.2, 0) is 16.1 Å². The van der Waals surface area contributed by atoms with Crippen LogP contribution in [-0.4, -0.2) is 29.0 Å². The molecule has 1 aliphatic carbocycles. The molecule has 160 valence electrons. The Balaban J connectivity index is 1.64. The molecule has 1 fully saturated rings. The first-order valence-electron chi connectivity index (χ1n) is 11.0. The first kappa shape index (κ1) is 20.5. The number of carbonyl (C=O) groups excluding carboxylic acids is 2. The number of aromatic nitrogens is 1. The molecule has 4 rings (SSSR count). The number of benzene rings is 1. The highest BCUT2D eigenvalue weighted by Crippen LogP contribution is 2.35. The molecule has 1 saturated carbocycles. The van der Waals surface area contributed by atoms with Gasteiger partial charge in [0.05, 0.1) is 12.3 Å². The second-order valence-corrected chi connectivity index (χ2v) is 8.54. The van der Waals surface area contributed by atoms with Crippen LogP contribution in [0, 0.1) is 11.8 Å². The molecule has 1 aliphatic heterocycles. The fourth-order valence-electron chi connectivity index (χ4n) is 4.78. The third-order valence-electron chi connectivity index (χ3n) is 6.69. The molecule has 1 N–H and O–H groups in total. The molecule has 2 heterocycles. The van der Waals surface area contributed by atoms with Gasteiger partial charge in [-0.05, 0) is 61.6 Å². The van der Waals surface area contributed by atoms with Crippen molar-refractivity contribution in [2.24, 2.45) is 11.8 Å². The average molecular weight is 410 g/mol. The van der Waals surface area contributed by atoms with Crippen LogP contribution in [0.2, 0.25) is 0 Å². The van der Waals surface area contributed by atoms with E-state index in [2.05, 4.69) is 19.2 Å². The second kappa shape index (κ2) is 8.54. The number of rotatable bonds is 5. The van der Waals surface area contributed by atoms with Crippen LogP contribution in [0.25, 0.3) is 0 Å². The Bertz CT molecular complexity index is 905. The number of carbonyl (C=O) groups is 2. The molecule has 2 amide bonds. The predicted molar refractivity (Wildman–Crippen MR) is 116 cm³/mol. The molecule has 0 saturated heterocycles. The normalized spacial score (nSPS) is 26.2. The number of hydrogen-bond donors (Lipinski definition) is 1. The molecule has 6 nitrogen and oxygen atoms in total. The van der Waals surface area contributed by atoms with Crippen molar-refractivity contribution >= 4 is 17.5 Å². The van der Waals surface area contributed by atoms with Gasteiger partial charge in [-0.1, -0.05) is 26.7 Å². The minimum absolute atomic E-state index is 0.0897. The lowest BCUT2D eigenvalue weighted by Crippen LogP contribution is -2.53. The smallest absolute Gasteiger partial charge is 0.249 e. The Labute approximate surface area is 178 Å². The molecule has 2 aliphatic rings. The summed E-state index contributed by atoms with van der Waals surface area (Å²) in [7, 11) is 0. The van der Waals surface area contributed by atoms with E-state index in [1.807, 2.05) is 54.1 Å². The van der Waals surface area contributed by atoms with E-state index in [0.29, 0.717) is 24.1 Å². The van der Waals surface area contributed by atoms with Gasteiger partial charge in [0.2, 0.25) is 11.8 Å². The highest BCUT2D eigenvalue weighted by atomic mass is 16.5. The maximum Gasteiger partial charge on any atom is 0.249 e. The lowest BCUT2D eigenvalue weighted by Gasteiger charge is -2.39. The van der Waals surface area contributed by atoms with E-state index in [1.165, 1.54) is 6.42 Å². The summed E-state index contributed by atoms with van der Waals surface area (Å²) < 4.78 is 7.41. The summed E-state index contributed by atoms with van der Waals surface area (Å²) in [6, 6.07) is 10.7. The zero-order chi connectivity index (χ0) is 21.3. The Morgan fingerprint density at radius 1 is 1.17 bits per heavy atom. The number of anilines is 1. The zero-order valence-electron chi connectivity index (χ0n) is 18.0. The Hall–Kier alpha value is -2.76. The van der Waals surface area contributed by atoms with E-state index in [0.717, 1.165) is 24.3 Å². The van der Waals surface area contributed by atoms with Gasteiger partial charge in [0.15, 0.2) is 6.04 Å². The molecule has 1 aromatic heterocycles. The van der Waals surface area contributed by atoms with Crippen LogP contribution in [0.1, 0.15) is 51.8 Å². The minimum Gasteiger partial charge on any atom is -0.494 e. The van der Waals surface area contributed by atoms with Crippen LogP contribution in [0.3, 0.4) is 0 Å². The summed E-state index contributed by atoms with van der Waals surface area (Å²) in [6.45, 7) is 7.22. The highest BCUT2D eigenvalue weighted by molar-refractivity contribution is 6.02. The second-order valence-electron chi connectivity index (χ2n) is 8.54. The Kier molecular flexibility index (Phi) is 5.84. The third kappa shape index (κ3) is 3.83. The van der Waals surface area contributed by atoms with Crippen molar-refractivity contribution in [3.05, 3.63) is 48.3 Å². The quantitative estimate of drug-likeness (QED) is 0.814. The van der Waals surface area contributed by atoms with Crippen molar-refractivity contribution in [3.8, 4) is 5.75 Å². The van der Waals surface area contributed by atoms with Crippen molar-refractivity contribution in [1.82, 2.24) is 9.88 Å². The maximum absolute atomic E-state index is 13.5. The SMILES string of the molecule is CCOc1ccc(N2C(=O)Cn3cccc3C2C(=O)NC2CCCC(C)C2C)cc1. The summed E-state index contributed by atoms with van der Waals surface area (Å²) in [5.41, 5.74) is 1.55. The monoisotopic (exact) mass is 409 g/mol. The number of amides is 2. The van der Waals surface area contributed by atoms with Gasteiger partial charge in [-0.2, -0.15) is 0 Å². The molecular formula is C24H31N3O3. The Morgan fingerprint density at radius 2 is 1.93 bits per heavy atom. The van der Waals surface area contributed by atoms with Gasteiger partial charge in [-0.15, -0.1) is 0 Å². The molecular weight excluding hydrogens is 378 g/mol. The zero-order valence-corrected chi connectivity index (χ0v) is 18.0. The molecule has 6 heteroatoms. The summed E-state index contributed by atoms with van der Waals surface area (Å²) in [5, 5.41) is 3.28. The van der Waals surface area contributed by atoms with Crippen molar-refractivity contribution in [1.29, 1.82) is 0 Å². The number of nitrogens with one attached hydrogen (secondary N) is 1. The lowest BCUT2D eigenvalue weighted by molar-refractivity contribution is -0.129. The van der Waals surface area contributed by atoms with Crippen LogP contribution >= 0.6 is 0 Å². The van der Waals surface area contributed by atoms with Crippen molar-refractivity contribution in [2.75, 3.05) is 11.5 Å². The van der Waals surface area contributed by atoms with Gasteiger partial charge >= 0.3 is 0 Å². The first-order valence-corrected chi connectivity index (χ1v) is 11.0. The number of nitrogens with zero attached hydrogens (tertiary/aromatic N) is 2. The minimum atomic E-state index is -0.677. The van der Waals surface area contributed by atoms with Crippen LogP contribution in [0.15, 0.2) is 42.6 Å². The van der Waals surface area contributed by atoms with E-state index in [1.54, 1.807) is 4.90 Å². The molecule has 0 radical (unpaired) electrons. The van der Waals surface area contributed by atoms with E-state index < -0.39 is 6.04 Å². The van der Waals surface area contributed by atoms with Crippen molar-refractivity contribution in [2.45, 2.75) is 58.7 Å². The highest BCUT2D eigenvalue weighted by Gasteiger charge is 2.40. The third-order valence-corrected chi connectivity index (χ3v) is 6.69. The first-order chi connectivity index (χ1) is 14.5. The molecule has 4 unspecified atom stereocenters.